The molecule has 0 bridgehead atoms. The zero-order valence-electron chi connectivity index (χ0n) is 19.8. The third-order valence-corrected chi connectivity index (χ3v) is 7.25. The van der Waals surface area contributed by atoms with Crippen molar-refractivity contribution in [1.82, 2.24) is 15.5 Å². The second-order valence-corrected chi connectivity index (χ2v) is 10.1. The number of carbonyl (C=O) groups is 3. The van der Waals surface area contributed by atoms with Crippen LogP contribution in [-0.4, -0.2) is 47.8 Å². The molecule has 4 rings (SSSR count). The molecule has 0 saturated carbocycles. The van der Waals surface area contributed by atoms with Gasteiger partial charge in [0, 0.05) is 32.0 Å². The van der Waals surface area contributed by atoms with Crippen LogP contribution in [0.15, 0.2) is 54.6 Å². The quantitative estimate of drug-likeness (QED) is 0.712. The number of nitrogens with zero attached hydrogens (tertiary/aromatic N) is 1. The van der Waals surface area contributed by atoms with Crippen LogP contribution in [0.3, 0.4) is 0 Å². The topological polar surface area (TPSA) is 78.5 Å². The van der Waals surface area contributed by atoms with E-state index >= 15 is 0 Å². The van der Waals surface area contributed by atoms with E-state index in [1.165, 1.54) is 6.07 Å². The first-order chi connectivity index (χ1) is 16.2. The Balaban J connectivity index is 1.42. The fourth-order valence-corrected chi connectivity index (χ4v) is 5.44. The molecule has 1 spiro atoms. The van der Waals surface area contributed by atoms with Gasteiger partial charge in [-0.15, -0.1) is 0 Å². The third kappa shape index (κ3) is 5.13. The molecule has 2 heterocycles. The summed E-state index contributed by atoms with van der Waals surface area (Å²) in [7, 11) is 0. The lowest BCUT2D eigenvalue weighted by Gasteiger charge is -2.49. The number of hydrogen-bond donors (Lipinski definition) is 2. The first-order valence-corrected chi connectivity index (χ1v) is 11.8. The summed E-state index contributed by atoms with van der Waals surface area (Å²) in [4.78, 5) is 40.0. The number of hydrogen-bond acceptors (Lipinski definition) is 3. The molecule has 2 fully saturated rings. The molecule has 2 N–H and O–H groups in total. The molecule has 34 heavy (non-hydrogen) atoms. The summed E-state index contributed by atoms with van der Waals surface area (Å²) in [5, 5.41) is 5.82. The van der Waals surface area contributed by atoms with Crippen LogP contribution in [0.25, 0.3) is 0 Å². The Morgan fingerprint density at radius 2 is 1.82 bits per heavy atom. The van der Waals surface area contributed by atoms with Crippen LogP contribution in [0.2, 0.25) is 0 Å². The molecule has 2 saturated heterocycles. The predicted octanol–water partition coefficient (Wildman–Crippen LogP) is 3.18. The number of likely N-dealkylation sites (tertiary alicyclic amines) is 1. The minimum Gasteiger partial charge on any atom is -0.355 e. The van der Waals surface area contributed by atoms with Crippen molar-refractivity contribution in [2.24, 2.45) is 5.41 Å². The largest absolute Gasteiger partial charge is 0.355 e. The van der Waals surface area contributed by atoms with E-state index in [4.69, 9.17) is 0 Å². The lowest BCUT2D eigenvalue weighted by molar-refractivity contribution is -0.143. The molecule has 0 radical (unpaired) electrons. The van der Waals surface area contributed by atoms with Gasteiger partial charge in [-0.2, -0.15) is 0 Å². The molecule has 6 nitrogen and oxygen atoms in total. The van der Waals surface area contributed by atoms with E-state index in [1.54, 1.807) is 30.9 Å². The molecule has 1 atom stereocenters. The maximum Gasteiger partial charge on any atom is 0.247 e. The minimum absolute atomic E-state index is 0.000866. The zero-order chi connectivity index (χ0) is 24.3. The summed E-state index contributed by atoms with van der Waals surface area (Å²) >= 11 is 0. The van der Waals surface area contributed by atoms with E-state index in [-0.39, 0.29) is 41.3 Å². The maximum atomic E-state index is 13.9. The summed E-state index contributed by atoms with van der Waals surface area (Å²) in [5.41, 5.74) is 0.422. The van der Waals surface area contributed by atoms with Crippen LogP contribution < -0.4 is 10.6 Å². The molecule has 7 heteroatoms. The van der Waals surface area contributed by atoms with Crippen molar-refractivity contribution in [3.05, 3.63) is 71.5 Å². The lowest BCUT2D eigenvalue weighted by atomic mass is 9.62. The van der Waals surface area contributed by atoms with Gasteiger partial charge in [-0.3, -0.25) is 14.4 Å². The number of rotatable bonds is 5. The standard InChI is InChI=1S/C27H32FN3O3/c1-26(2,30-23(32)15-19-7-4-3-5-8-19)25(34)31-13-11-27(12-14-31)17-24(33)29-18-22(27)20-9-6-10-21(28)16-20/h3-10,16,22H,11-15,17-18H2,1-2H3,(H,29,33)(H,30,32). The van der Waals surface area contributed by atoms with Gasteiger partial charge in [0.2, 0.25) is 17.7 Å². The van der Waals surface area contributed by atoms with Crippen molar-refractivity contribution in [2.75, 3.05) is 19.6 Å². The number of piperidine rings is 2. The number of nitrogens with one attached hydrogen (secondary N) is 2. The second kappa shape index (κ2) is 9.57. The van der Waals surface area contributed by atoms with Crippen LogP contribution >= 0.6 is 0 Å². The first-order valence-electron chi connectivity index (χ1n) is 11.8. The van der Waals surface area contributed by atoms with E-state index < -0.39 is 5.54 Å². The van der Waals surface area contributed by atoms with Crippen molar-refractivity contribution in [1.29, 1.82) is 0 Å². The molecule has 3 amide bonds. The second-order valence-electron chi connectivity index (χ2n) is 10.1. The minimum atomic E-state index is -1.04. The van der Waals surface area contributed by atoms with Gasteiger partial charge in [0.1, 0.15) is 11.4 Å². The number of carbonyl (C=O) groups excluding carboxylic acids is 3. The smallest absolute Gasteiger partial charge is 0.247 e. The lowest BCUT2D eigenvalue weighted by Crippen LogP contribution is -2.59. The average molecular weight is 466 g/mol. The molecule has 2 aliphatic rings. The highest BCUT2D eigenvalue weighted by Gasteiger charge is 2.48. The molecule has 180 valence electrons. The number of benzene rings is 2. The van der Waals surface area contributed by atoms with Gasteiger partial charge >= 0.3 is 0 Å². The summed E-state index contributed by atoms with van der Waals surface area (Å²) in [6, 6.07) is 16.0. The van der Waals surface area contributed by atoms with Crippen LogP contribution in [0, 0.1) is 11.2 Å². The monoisotopic (exact) mass is 465 g/mol. The molecule has 2 aromatic rings. The van der Waals surface area contributed by atoms with Crippen molar-refractivity contribution < 1.29 is 18.8 Å². The summed E-state index contributed by atoms with van der Waals surface area (Å²) in [6.07, 6.45) is 1.89. The van der Waals surface area contributed by atoms with Crippen LogP contribution in [0.1, 0.15) is 50.2 Å². The van der Waals surface area contributed by atoms with Gasteiger partial charge in [-0.25, -0.2) is 4.39 Å². The van der Waals surface area contributed by atoms with Gasteiger partial charge in [0.15, 0.2) is 0 Å². The zero-order valence-corrected chi connectivity index (χ0v) is 19.8. The summed E-state index contributed by atoms with van der Waals surface area (Å²) < 4.78 is 13.9. The fraction of sp³-hybridized carbons (Fsp3) is 0.444. The molecule has 1 unspecified atom stereocenters. The van der Waals surface area contributed by atoms with Crippen LogP contribution in [-0.2, 0) is 20.8 Å². The normalized spacial score (nSPS) is 20.0. The Bertz CT molecular complexity index is 1060. The summed E-state index contributed by atoms with van der Waals surface area (Å²) in [6.45, 7) is 4.92. The van der Waals surface area contributed by atoms with E-state index in [0.29, 0.717) is 38.9 Å². The molecule has 2 aliphatic heterocycles. The van der Waals surface area contributed by atoms with Gasteiger partial charge < -0.3 is 15.5 Å². The Labute approximate surface area is 199 Å². The van der Waals surface area contributed by atoms with Crippen molar-refractivity contribution >= 4 is 17.7 Å². The highest BCUT2D eigenvalue weighted by Crippen LogP contribution is 2.49. The average Bonchev–Trinajstić information content (AvgIpc) is 2.79. The van der Waals surface area contributed by atoms with Crippen LogP contribution in [0.5, 0.6) is 0 Å². The molecular formula is C27H32FN3O3. The first kappa shape index (κ1) is 23.9. The summed E-state index contributed by atoms with van der Waals surface area (Å²) in [5.74, 6) is -0.623. The van der Waals surface area contributed by atoms with E-state index in [2.05, 4.69) is 10.6 Å². The van der Waals surface area contributed by atoms with E-state index in [1.807, 2.05) is 36.4 Å². The number of amides is 3. The Morgan fingerprint density at radius 1 is 1.12 bits per heavy atom. The van der Waals surface area contributed by atoms with E-state index in [9.17, 15) is 18.8 Å². The molecule has 0 aliphatic carbocycles. The van der Waals surface area contributed by atoms with Gasteiger partial charge in [0.05, 0.1) is 6.42 Å². The third-order valence-electron chi connectivity index (χ3n) is 7.25. The Hall–Kier alpha value is -3.22. The highest BCUT2D eigenvalue weighted by molar-refractivity contribution is 5.91. The fourth-order valence-electron chi connectivity index (χ4n) is 5.44. The van der Waals surface area contributed by atoms with Crippen molar-refractivity contribution in [2.45, 2.75) is 51.0 Å². The maximum absolute atomic E-state index is 13.9. The van der Waals surface area contributed by atoms with Crippen molar-refractivity contribution in [3.8, 4) is 0 Å². The van der Waals surface area contributed by atoms with Gasteiger partial charge in [-0.05, 0) is 55.4 Å². The highest BCUT2D eigenvalue weighted by atomic mass is 19.1. The predicted molar refractivity (Wildman–Crippen MR) is 127 cm³/mol. The van der Waals surface area contributed by atoms with Crippen LogP contribution in [0.4, 0.5) is 4.39 Å². The molecule has 0 aromatic heterocycles. The molecular weight excluding hydrogens is 433 g/mol. The van der Waals surface area contributed by atoms with Crippen molar-refractivity contribution in [3.63, 3.8) is 0 Å². The van der Waals surface area contributed by atoms with Gasteiger partial charge in [0.25, 0.3) is 0 Å². The Kier molecular flexibility index (Phi) is 6.73. The molecule has 2 aromatic carbocycles. The SMILES string of the molecule is CC(C)(NC(=O)Cc1ccccc1)C(=O)N1CCC2(CC1)CC(=O)NCC2c1cccc(F)c1. The number of halogens is 1. The Morgan fingerprint density at radius 3 is 2.50 bits per heavy atom. The van der Waals surface area contributed by atoms with Gasteiger partial charge in [-0.1, -0.05) is 42.5 Å². The van der Waals surface area contributed by atoms with E-state index in [0.717, 1.165) is 11.1 Å².